The lowest BCUT2D eigenvalue weighted by atomic mass is 9.94. The van der Waals surface area contributed by atoms with Gasteiger partial charge in [-0.1, -0.05) is 91.0 Å². The van der Waals surface area contributed by atoms with Gasteiger partial charge in [-0.2, -0.15) is 0 Å². The summed E-state index contributed by atoms with van der Waals surface area (Å²) in [6.45, 7) is 2.18. The highest BCUT2D eigenvalue weighted by Crippen LogP contribution is 2.18. The molecule has 5 aromatic rings. The van der Waals surface area contributed by atoms with E-state index in [9.17, 15) is 4.79 Å². The first-order valence-electron chi connectivity index (χ1n) is 11.2. The fraction of sp³-hybridized carbons (Fsp3) is 0.0645. The van der Waals surface area contributed by atoms with Crippen LogP contribution in [-0.4, -0.2) is 12.6 Å². The third kappa shape index (κ3) is 4.16. The molecule has 2 nitrogen and oxygen atoms in total. The minimum Gasteiger partial charge on any atom is -0.462 e. The molecule has 0 unspecified atom stereocenters. The Morgan fingerprint density at radius 1 is 0.636 bits per heavy atom. The van der Waals surface area contributed by atoms with Crippen molar-refractivity contribution in [3.8, 4) is 0 Å². The van der Waals surface area contributed by atoms with Crippen LogP contribution in [0, 0.1) is 0 Å². The Bertz CT molecular complexity index is 1570. The van der Waals surface area contributed by atoms with E-state index in [1.807, 2.05) is 61.5 Å². The van der Waals surface area contributed by atoms with Gasteiger partial charge in [0.05, 0.1) is 12.2 Å². The maximum absolute atomic E-state index is 12.6. The highest BCUT2D eigenvalue weighted by atomic mass is 16.5. The molecule has 0 N–H and O–H groups in total. The van der Waals surface area contributed by atoms with Crippen LogP contribution in [0.4, 0.5) is 0 Å². The Balaban J connectivity index is 1.95. The van der Waals surface area contributed by atoms with E-state index in [0.717, 1.165) is 37.7 Å². The average molecular weight is 429 g/mol. The predicted molar refractivity (Wildman–Crippen MR) is 137 cm³/mol. The summed E-state index contributed by atoms with van der Waals surface area (Å²) in [5.74, 6) is -0.299. The Hall–Kier alpha value is -4.17. The normalized spacial score (nSPS) is 12.4. The number of ether oxygens (including phenoxy) is 1. The first-order valence-corrected chi connectivity index (χ1v) is 11.2. The Morgan fingerprint density at radius 2 is 1.12 bits per heavy atom. The molecular formula is C31H24O2. The highest BCUT2D eigenvalue weighted by molar-refractivity contribution is 6.04. The molecule has 0 aromatic heterocycles. The van der Waals surface area contributed by atoms with Gasteiger partial charge in [-0.25, -0.2) is 4.79 Å². The van der Waals surface area contributed by atoms with Gasteiger partial charge in [-0.15, -0.1) is 0 Å². The zero-order valence-electron chi connectivity index (χ0n) is 18.5. The fourth-order valence-electron chi connectivity index (χ4n) is 4.33. The van der Waals surface area contributed by atoms with Crippen LogP contribution >= 0.6 is 0 Å². The van der Waals surface area contributed by atoms with Crippen molar-refractivity contribution < 1.29 is 9.53 Å². The van der Waals surface area contributed by atoms with Gasteiger partial charge in [-0.05, 0) is 74.3 Å². The van der Waals surface area contributed by atoms with Gasteiger partial charge in [0.15, 0.2) is 0 Å². The van der Waals surface area contributed by atoms with Crippen LogP contribution in [0.3, 0.4) is 0 Å². The molecule has 0 spiro atoms. The monoisotopic (exact) mass is 428 g/mol. The molecule has 0 bridgehead atoms. The van der Waals surface area contributed by atoms with Gasteiger partial charge in [0.25, 0.3) is 0 Å². The molecule has 33 heavy (non-hydrogen) atoms. The number of hydrogen-bond acceptors (Lipinski definition) is 2. The van der Waals surface area contributed by atoms with E-state index in [0.29, 0.717) is 12.2 Å². The van der Waals surface area contributed by atoms with Gasteiger partial charge in [-0.3, -0.25) is 0 Å². The zero-order chi connectivity index (χ0) is 22.6. The summed E-state index contributed by atoms with van der Waals surface area (Å²) in [6, 6.07) is 35.0. The van der Waals surface area contributed by atoms with E-state index in [4.69, 9.17) is 4.74 Å². The van der Waals surface area contributed by atoms with E-state index >= 15 is 0 Å². The van der Waals surface area contributed by atoms with Gasteiger partial charge in [0.1, 0.15) is 0 Å². The minimum atomic E-state index is -0.299. The molecule has 5 rings (SSSR count). The van der Waals surface area contributed by atoms with Crippen LogP contribution in [0.25, 0.3) is 33.7 Å². The fourth-order valence-corrected chi connectivity index (χ4v) is 4.33. The van der Waals surface area contributed by atoms with Crippen LogP contribution < -0.4 is 10.4 Å². The van der Waals surface area contributed by atoms with Crippen LogP contribution in [0.2, 0.25) is 0 Å². The van der Waals surface area contributed by atoms with Gasteiger partial charge in [0.2, 0.25) is 0 Å². The Kier molecular flexibility index (Phi) is 5.73. The Morgan fingerprint density at radius 3 is 1.67 bits per heavy atom. The Labute approximate surface area is 193 Å². The van der Waals surface area contributed by atoms with Gasteiger partial charge < -0.3 is 4.74 Å². The summed E-state index contributed by atoms with van der Waals surface area (Å²) in [6.07, 6.45) is 4.42. The van der Waals surface area contributed by atoms with Gasteiger partial charge >= 0.3 is 5.97 Å². The zero-order valence-corrected chi connectivity index (χ0v) is 18.5. The molecule has 0 heterocycles. The largest absolute Gasteiger partial charge is 0.462 e. The quantitative estimate of drug-likeness (QED) is 0.266. The molecule has 0 amide bonds. The van der Waals surface area contributed by atoms with Crippen molar-refractivity contribution in [2.24, 2.45) is 0 Å². The first-order chi connectivity index (χ1) is 16.2. The molecule has 0 aliphatic rings. The van der Waals surface area contributed by atoms with E-state index < -0.39 is 0 Å². The summed E-state index contributed by atoms with van der Waals surface area (Å²) in [7, 11) is 0. The van der Waals surface area contributed by atoms with Crippen molar-refractivity contribution in [2.75, 3.05) is 6.61 Å². The van der Waals surface area contributed by atoms with Crippen molar-refractivity contribution in [3.63, 3.8) is 0 Å². The standard InChI is InChI=1S/C31H24O2/c1-2-33-31(32)24-17-18-27-28(19-22-11-5-3-6-12-22)25-15-9-10-16-26(25)29(30(27)21-24)20-23-13-7-4-8-14-23/h3-21H,2H2,1H3/b28-19-,29-20+. The second kappa shape index (κ2) is 9.13. The smallest absolute Gasteiger partial charge is 0.338 e. The lowest BCUT2D eigenvalue weighted by molar-refractivity contribution is 0.0526. The van der Waals surface area contributed by atoms with Crippen LogP contribution in [0.15, 0.2) is 103 Å². The van der Waals surface area contributed by atoms with Crippen LogP contribution in [0.1, 0.15) is 28.4 Å². The van der Waals surface area contributed by atoms with Crippen molar-refractivity contribution in [2.45, 2.75) is 6.92 Å². The molecule has 2 heteroatoms. The molecule has 5 aromatic carbocycles. The topological polar surface area (TPSA) is 26.3 Å². The molecule has 0 aliphatic carbocycles. The lowest BCUT2D eigenvalue weighted by Crippen LogP contribution is -2.16. The van der Waals surface area contributed by atoms with Crippen molar-refractivity contribution in [3.05, 3.63) is 130 Å². The van der Waals surface area contributed by atoms with Crippen LogP contribution in [-0.2, 0) is 4.74 Å². The molecule has 0 atom stereocenters. The number of benzene rings is 5. The second-order valence-electron chi connectivity index (χ2n) is 7.96. The first kappa shape index (κ1) is 20.7. The van der Waals surface area contributed by atoms with E-state index in [2.05, 4.69) is 60.7 Å². The maximum atomic E-state index is 12.6. The van der Waals surface area contributed by atoms with E-state index in [1.165, 1.54) is 5.39 Å². The minimum absolute atomic E-state index is 0.299. The van der Waals surface area contributed by atoms with Crippen molar-refractivity contribution >= 4 is 39.7 Å². The summed E-state index contributed by atoms with van der Waals surface area (Å²) in [5, 5.41) is 6.71. The lowest BCUT2D eigenvalue weighted by Gasteiger charge is -2.10. The summed E-state index contributed by atoms with van der Waals surface area (Å²) in [4.78, 5) is 12.6. The number of carbonyl (C=O) groups is 1. The third-order valence-electron chi connectivity index (χ3n) is 5.84. The number of rotatable bonds is 4. The number of carbonyl (C=O) groups excluding carboxylic acids is 1. The van der Waals surface area contributed by atoms with Crippen LogP contribution in [0.5, 0.6) is 0 Å². The van der Waals surface area contributed by atoms with Crippen molar-refractivity contribution in [1.29, 1.82) is 0 Å². The van der Waals surface area contributed by atoms with Gasteiger partial charge in [0, 0.05) is 0 Å². The summed E-state index contributed by atoms with van der Waals surface area (Å²) < 4.78 is 5.29. The molecule has 0 saturated heterocycles. The number of esters is 1. The highest BCUT2D eigenvalue weighted by Gasteiger charge is 2.11. The third-order valence-corrected chi connectivity index (χ3v) is 5.84. The molecule has 0 aliphatic heterocycles. The second-order valence-corrected chi connectivity index (χ2v) is 7.96. The molecule has 160 valence electrons. The summed E-state index contributed by atoms with van der Waals surface area (Å²) in [5.41, 5.74) is 2.82. The van der Waals surface area contributed by atoms with E-state index in [1.54, 1.807) is 0 Å². The molecular weight excluding hydrogens is 404 g/mol. The van der Waals surface area contributed by atoms with Crippen molar-refractivity contribution in [1.82, 2.24) is 0 Å². The molecule has 0 fully saturated rings. The number of fused-ring (bicyclic) bond motifs is 2. The summed E-state index contributed by atoms with van der Waals surface area (Å²) >= 11 is 0. The molecule has 0 radical (unpaired) electrons. The number of hydrogen-bond donors (Lipinski definition) is 0. The predicted octanol–water partition coefficient (Wildman–Crippen LogP) is 5.83. The van der Waals surface area contributed by atoms with E-state index in [-0.39, 0.29) is 5.97 Å². The SMILES string of the molecule is CCOC(=O)c1ccc2/c(=C\c3ccccc3)c3ccccc3/c(=C\c3ccccc3)c2c1. The average Bonchev–Trinajstić information content (AvgIpc) is 2.87. The molecule has 0 saturated carbocycles. The maximum Gasteiger partial charge on any atom is 0.338 e.